The van der Waals surface area contributed by atoms with Crippen LogP contribution in [-0.4, -0.2) is 57.5 Å². The second-order valence-corrected chi connectivity index (χ2v) is 8.37. The second-order valence-electron chi connectivity index (χ2n) is 8.37. The standard InChI is InChI=1S/C26H28N4O5/c1-3-30(14-8-13-24(31)32)25(33)22-15-23(28-29(22)2)27-26(34)35-16-21-19-11-6-4-9-17(19)18-10-5-7-12-20(18)21/h4-7,9-12,15,21H,3,8,13-14,16H2,1-2H3,(H,31,32)(H,27,28,34). The van der Waals surface area contributed by atoms with Crippen LogP contribution in [-0.2, 0) is 16.6 Å². The number of hydrogen-bond acceptors (Lipinski definition) is 5. The number of aliphatic carboxylic acids is 1. The molecule has 0 atom stereocenters. The summed E-state index contributed by atoms with van der Waals surface area (Å²) < 4.78 is 6.94. The number of amides is 2. The van der Waals surface area contributed by atoms with Gasteiger partial charge in [0.1, 0.15) is 12.3 Å². The van der Waals surface area contributed by atoms with E-state index in [0.29, 0.717) is 19.5 Å². The molecule has 35 heavy (non-hydrogen) atoms. The SMILES string of the molecule is CCN(CCCC(=O)O)C(=O)c1cc(NC(=O)OCC2c3ccccc3-c3ccccc32)nn1C. The maximum Gasteiger partial charge on any atom is 0.412 e. The minimum Gasteiger partial charge on any atom is -0.481 e. The van der Waals surface area contributed by atoms with Crippen LogP contribution in [0.25, 0.3) is 11.1 Å². The molecule has 2 amide bonds. The lowest BCUT2D eigenvalue weighted by Crippen LogP contribution is -2.33. The van der Waals surface area contributed by atoms with Gasteiger partial charge in [-0.05, 0) is 35.6 Å². The van der Waals surface area contributed by atoms with Crippen LogP contribution < -0.4 is 5.32 Å². The number of nitrogens with zero attached hydrogens (tertiary/aromatic N) is 3. The van der Waals surface area contributed by atoms with Gasteiger partial charge in [0.2, 0.25) is 0 Å². The summed E-state index contributed by atoms with van der Waals surface area (Å²) in [6, 6.07) is 17.7. The van der Waals surface area contributed by atoms with E-state index in [2.05, 4.69) is 22.5 Å². The molecule has 0 unspecified atom stereocenters. The lowest BCUT2D eigenvalue weighted by molar-refractivity contribution is -0.137. The number of benzene rings is 2. The van der Waals surface area contributed by atoms with Crippen molar-refractivity contribution in [3.8, 4) is 11.1 Å². The summed E-state index contributed by atoms with van der Waals surface area (Å²) in [5, 5.41) is 15.6. The Labute approximate surface area is 203 Å². The molecule has 0 aliphatic heterocycles. The van der Waals surface area contributed by atoms with Crippen LogP contribution in [0, 0.1) is 0 Å². The van der Waals surface area contributed by atoms with Gasteiger partial charge in [0.15, 0.2) is 5.82 Å². The maximum absolute atomic E-state index is 12.9. The Balaban J connectivity index is 1.39. The Morgan fingerprint density at radius 1 is 1.09 bits per heavy atom. The summed E-state index contributed by atoms with van der Waals surface area (Å²) in [7, 11) is 1.61. The molecule has 0 saturated heterocycles. The summed E-state index contributed by atoms with van der Waals surface area (Å²) in [6.45, 7) is 2.75. The van der Waals surface area contributed by atoms with Crippen LogP contribution in [0.4, 0.5) is 10.6 Å². The van der Waals surface area contributed by atoms with Crippen LogP contribution in [0.2, 0.25) is 0 Å². The molecular formula is C26H28N4O5. The van der Waals surface area contributed by atoms with Crippen LogP contribution >= 0.6 is 0 Å². The van der Waals surface area contributed by atoms with Crippen LogP contribution in [0.15, 0.2) is 54.6 Å². The topological polar surface area (TPSA) is 114 Å². The molecule has 1 heterocycles. The first-order valence-corrected chi connectivity index (χ1v) is 11.6. The number of carboxylic acids is 1. The number of nitrogens with one attached hydrogen (secondary N) is 1. The van der Waals surface area contributed by atoms with E-state index in [0.717, 1.165) is 22.3 Å². The highest BCUT2D eigenvalue weighted by atomic mass is 16.5. The highest BCUT2D eigenvalue weighted by Gasteiger charge is 2.29. The number of anilines is 1. The second kappa shape index (κ2) is 10.4. The molecule has 1 aliphatic carbocycles. The zero-order valence-corrected chi connectivity index (χ0v) is 19.7. The first-order chi connectivity index (χ1) is 16.9. The van der Waals surface area contributed by atoms with Gasteiger partial charge in [-0.3, -0.25) is 19.6 Å². The third-order valence-electron chi connectivity index (χ3n) is 6.16. The van der Waals surface area contributed by atoms with Gasteiger partial charge in [-0.15, -0.1) is 0 Å². The molecule has 1 aromatic heterocycles. The van der Waals surface area contributed by atoms with E-state index in [1.807, 2.05) is 43.3 Å². The van der Waals surface area contributed by atoms with Gasteiger partial charge < -0.3 is 14.7 Å². The van der Waals surface area contributed by atoms with Crippen molar-refractivity contribution in [2.45, 2.75) is 25.7 Å². The lowest BCUT2D eigenvalue weighted by atomic mass is 9.98. The van der Waals surface area contributed by atoms with E-state index in [-0.39, 0.29) is 36.4 Å². The fourth-order valence-corrected chi connectivity index (χ4v) is 4.45. The number of carbonyl (C=O) groups excluding carboxylic acids is 2. The molecule has 0 bridgehead atoms. The summed E-state index contributed by atoms with van der Waals surface area (Å²) in [6.07, 6.45) is -0.306. The van der Waals surface area contributed by atoms with Gasteiger partial charge in [0, 0.05) is 38.5 Å². The average molecular weight is 477 g/mol. The quantitative estimate of drug-likeness (QED) is 0.481. The molecule has 2 N–H and O–H groups in total. The molecule has 9 heteroatoms. The number of ether oxygens (including phenoxy) is 1. The van der Waals surface area contributed by atoms with Crippen molar-refractivity contribution < 1.29 is 24.2 Å². The van der Waals surface area contributed by atoms with Crippen LogP contribution in [0.3, 0.4) is 0 Å². The molecule has 0 fully saturated rings. The van der Waals surface area contributed by atoms with Gasteiger partial charge in [-0.1, -0.05) is 48.5 Å². The molecule has 4 rings (SSSR count). The zero-order chi connectivity index (χ0) is 24.9. The van der Waals surface area contributed by atoms with Crippen molar-refractivity contribution in [2.75, 3.05) is 25.0 Å². The number of hydrogen-bond donors (Lipinski definition) is 2. The molecule has 9 nitrogen and oxygen atoms in total. The number of aromatic nitrogens is 2. The Hall–Kier alpha value is -4.14. The summed E-state index contributed by atoms with van der Waals surface area (Å²) in [5.41, 5.74) is 4.82. The van der Waals surface area contributed by atoms with Crippen molar-refractivity contribution in [3.63, 3.8) is 0 Å². The summed E-state index contributed by atoms with van der Waals surface area (Å²) >= 11 is 0. The summed E-state index contributed by atoms with van der Waals surface area (Å²) in [5.74, 6) is -1.04. The molecule has 0 spiro atoms. The monoisotopic (exact) mass is 476 g/mol. The molecule has 3 aromatic rings. The predicted molar refractivity (Wildman–Crippen MR) is 130 cm³/mol. The molecular weight excluding hydrogens is 448 g/mol. The van der Waals surface area contributed by atoms with E-state index >= 15 is 0 Å². The van der Waals surface area contributed by atoms with Crippen molar-refractivity contribution in [2.24, 2.45) is 7.05 Å². The Kier molecular flexibility index (Phi) is 7.14. The molecule has 2 aromatic carbocycles. The van der Waals surface area contributed by atoms with E-state index in [1.165, 1.54) is 10.7 Å². The predicted octanol–water partition coefficient (Wildman–Crippen LogP) is 4.11. The zero-order valence-electron chi connectivity index (χ0n) is 19.7. The maximum atomic E-state index is 12.9. The van der Waals surface area contributed by atoms with Gasteiger partial charge in [0.05, 0.1) is 0 Å². The van der Waals surface area contributed by atoms with E-state index in [9.17, 15) is 14.4 Å². The van der Waals surface area contributed by atoms with Crippen LogP contribution in [0.5, 0.6) is 0 Å². The van der Waals surface area contributed by atoms with Crippen LogP contribution in [0.1, 0.15) is 47.3 Å². The van der Waals surface area contributed by atoms with E-state index in [1.54, 1.807) is 11.9 Å². The first kappa shape index (κ1) is 24.0. The van der Waals surface area contributed by atoms with Gasteiger partial charge >= 0.3 is 12.1 Å². The molecule has 0 radical (unpaired) electrons. The third-order valence-corrected chi connectivity index (χ3v) is 6.16. The minimum absolute atomic E-state index is 0.0102. The van der Waals surface area contributed by atoms with Crippen molar-refractivity contribution in [1.82, 2.24) is 14.7 Å². The van der Waals surface area contributed by atoms with E-state index in [4.69, 9.17) is 9.84 Å². The number of fused-ring (bicyclic) bond motifs is 3. The highest BCUT2D eigenvalue weighted by molar-refractivity contribution is 5.94. The Bertz CT molecular complexity index is 1210. The molecule has 0 saturated carbocycles. The highest BCUT2D eigenvalue weighted by Crippen LogP contribution is 2.44. The van der Waals surface area contributed by atoms with E-state index < -0.39 is 12.1 Å². The van der Waals surface area contributed by atoms with Gasteiger partial charge in [-0.2, -0.15) is 5.10 Å². The number of carbonyl (C=O) groups is 3. The van der Waals surface area contributed by atoms with Crippen molar-refractivity contribution in [1.29, 1.82) is 0 Å². The largest absolute Gasteiger partial charge is 0.481 e. The normalized spacial score (nSPS) is 12.1. The number of aryl methyl sites for hydroxylation is 1. The average Bonchev–Trinajstić information content (AvgIpc) is 3.37. The first-order valence-electron chi connectivity index (χ1n) is 11.6. The van der Waals surface area contributed by atoms with Gasteiger partial charge in [0.25, 0.3) is 5.91 Å². The fraction of sp³-hybridized carbons (Fsp3) is 0.308. The third kappa shape index (κ3) is 5.18. The Morgan fingerprint density at radius 3 is 2.31 bits per heavy atom. The minimum atomic E-state index is -0.899. The van der Waals surface area contributed by atoms with Crippen molar-refractivity contribution in [3.05, 3.63) is 71.4 Å². The fourth-order valence-electron chi connectivity index (χ4n) is 4.45. The molecule has 182 valence electrons. The number of rotatable bonds is 9. The smallest absolute Gasteiger partial charge is 0.412 e. The lowest BCUT2D eigenvalue weighted by Gasteiger charge is -2.20. The summed E-state index contributed by atoms with van der Waals surface area (Å²) in [4.78, 5) is 37.7. The van der Waals surface area contributed by atoms with Gasteiger partial charge in [-0.25, -0.2) is 4.79 Å². The number of carboxylic acid groups (broad SMARTS) is 1. The van der Waals surface area contributed by atoms with Crippen molar-refractivity contribution >= 4 is 23.8 Å². The molecule has 1 aliphatic rings. The Morgan fingerprint density at radius 2 is 1.71 bits per heavy atom.